The quantitative estimate of drug-likeness (QED) is 0.349. The van der Waals surface area contributed by atoms with Crippen molar-refractivity contribution in [2.75, 3.05) is 0 Å². The Bertz CT molecular complexity index is 127. The smallest absolute Gasteiger partial charge is 0.123 e. The summed E-state index contributed by atoms with van der Waals surface area (Å²) in [7, 11) is 0. The van der Waals surface area contributed by atoms with E-state index in [-0.39, 0.29) is 5.84 Å². The average molecular weight is 128 g/mol. The van der Waals surface area contributed by atoms with Crippen LogP contribution in [-0.2, 0) is 0 Å². The summed E-state index contributed by atoms with van der Waals surface area (Å²) < 4.78 is 0. The summed E-state index contributed by atoms with van der Waals surface area (Å²) in [6.07, 6.45) is 3.33. The molecule has 0 unspecified atom stereocenters. The van der Waals surface area contributed by atoms with Crippen molar-refractivity contribution in [2.45, 2.75) is 31.3 Å². The van der Waals surface area contributed by atoms with Crippen molar-refractivity contribution in [2.24, 2.45) is 5.73 Å². The summed E-state index contributed by atoms with van der Waals surface area (Å²) in [6.45, 7) is 0. The molecule has 1 saturated carbocycles. The van der Waals surface area contributed by atoms with Crippen molar-refractivity contribution >= 4 is 5.84 Å². The standard InChI is InChI=1S/C6H12N2O/c7-5(8)6(9)3-1-2-4-6/h9H,1-4H2,(H3,7,8). The van der Waals surface area contributed by atoms with Crippen molar-refractivity contribution in [3.8, 4) is 0 Å². The number of aliphatic hydroxyl groups is 1. The van der Waals surface area contributed by atoms with E-state index in [1.807, 2.05) is 0 Å². The van der Waals surface area contributed by atoms with Crippen molar-refractivity contribution in [1.82, 2.24) is 0 Å². The van der Waals surface area contributed by atoms with Crippen LogP contribution in [0.2, 0.25) is 0 Å². The van der Waals surface area contributed by atoms with Gasteiger partial charge in [0.05, 0.1) is 0 Å². The lowest BCUT2D eigenvalue weighted by molar-refractivity contribution is 0.118. The first-order valence-corrected chi connectivity index (χ1v) is 3.22. The van der Waals surface area contributed by atoms with Gasteiger partial charge in [0, 0.05) is 0 Å². The molecule has 0 spiro atoms. The Balaban J connectivity index is 2.61. The van der Waals surface area contributed by atoms with Gasteiger partial charge in [-0.1, -0.05) is 0 Å². The van der Waals surface area contributed by atoms with Gasteiger partial charge in [0.2, 0.25) is 0 Å². The van der Waals surface area contributed by atoms with E-state index < -0.39 is 5.60 Å². The van der Waals surface area contributed by atoms with E-state index in [0.717, 1.165) is 12.8 Å². The van der Waals surface area contributed by atoms with Gasteiger partial charge in [0.15, 0.2) is 0 Å². The molecule has 4 N–H and O–H groups in total. The van der Waals surface area contributed by atoms with Crippen LogP contribution in [0.4, 0.5) is 0 Å². The lowest BCUT2D eigenvalue weighted by Crippen LogP contribution is -2.40. The fourth-order valence-corrected chi connectivity index (χ4v) is 1.23. The van der Waals surface area contributed by atoms with Gasteiger partial charge < -0.3 is 10.8 Å². The van der Waals surface area contributed by atoms with Crippen LogP contribution in [0.5, 0.6) is 0 Å². The summed E-state index contributed by atoms with van der Waals surface area (Å²) in [5.41, 5.74) is 4.22. The molecule has 0 radical (unpaired) electrons. The van der Waals surface area contributed by atoms with Crippen molar-refractivity contribution in [1.29, 1.82) is 5.41 Å². The minimum Gasteiger partial charge on any atom is -0.385 e. The minimum atomic E-state index is -0.944. The molecular formula is C6H12N2O. The predicted molar refractivity (Wildman–Crippen MR) is 35.3 cm³/mol. The van der Waals surface area contributed by atoms with Crippen LogP contribution in [-0.4, -0.2) is 16.5 Å². The lowest BCUT2D eigenvalue weighted by Gasteiger charge is -2.18. The molecule has 1 fully saturated rings. The summed E-state index contributed by atoms with van der Waals surface area (Å²) in [5.74, 6) is -0.0694. The van der Waals surface area contributed by atoms with Gasteiger partial charge in [0.1, 0.15) is 11.4 Å². The highest BCUT2D eigenvalue weighted by Crippen LogP contribution is 2.28. The normalized spacial score (nSPS) is 24.1. The molecular weight excluding hydrogens is 116 g/mol. The van der Waals surface area contributed by atoms with Crippen LogP contribution >= 0.6 is 0 Å². The zero-order valence-electron chi connectivity index (χ0n) is 5.35. The first kappa shape index (κ1) is 6.55. The molecule has 3 heteroatoms. The van der Waals surface area contributed by atoms with Crippen LogP contribution < -0.4 is 5.73 Å². The molecule has 1 aliphatic rings. The van der Waals surface area contributed by atoms with Gasteiger partial charge in [-0.2, -0.15) is 0 Å². The van der Waals surface area contributed by atoms with Gasteiger partial charge in [0.25, 0.3) is 0 Å². The van der Waals surface area contributed by atoms with Crippen molar-refractivity contribution in [3.05, 3.63) is 0 Å². The van der Waals surface area contributed by atoms with Gasteiger partial charge in [-0.25, -0.2) is 0 Å². The predicted octanol–water partition coefficient (Wildman–Crippen LogP) is 0.227. The van der Waals surface area contributed by atoms with Crippen LogP contribution in [0, 0.1) is 5.41 Å². The van der Waals surface area contributed by atoms with Gasteiger partial charge in [-0.15, -0.1) is 0 Å². The summed E-state index contributed by atoms with van der Waals surface area (Å²) in [6, 6.07) is 0. The van der Waals surface area contributed by atoms with Crippen molar-refractivity contribution in [3.63, 3.8) is 0 Å². The molecule has 0 aromatic heterocycles. The highest BCUT2D eigenvalue weighted by molar-refractivity contribution is 5.86. The zero-order chi connectivity index (χ0) is 6.91. The molecule has 0 bridgehead atoms. The SMILES string of the molecule is N=C(N)C1(O)CCCC1. The molecule has 1 rings (SSSR count). The number of rotatable bonds is 1. The maximum absolute atomic E-state index is 9.42. The third-order valence-electron chi connectivity index (χ3n) is 1.93. The molecule has 0 aromatic carbocycles. The van der Waals surface area contributed by atoms with E-state index in [1.165, 1.54) is 0 Å². The van der Waals surface area contributed by atoms with Gasteiger partial charge >= 0.3 is 0 Å². The maximum Gasteiger partial charge on any atom is 0.123 e. The Kier molecular flexibility index (Phi) is 1.45. The Morgan fingerprint density at radius 3 is 2.11 bits per heavy atom. The van der Waals surface area contributed by atoms with Crippen LogP contribution in [0.25, 0.3) is 0 Å². The topological polar surface area (TPSA) is 70.1 Å². The van der Waals surface area contributed by atoms with Crippen LogP contribution in [0.1, 0.15) is 25.7 Å². The minimum absolute atomic E-state index is 0.0694. The van der Waals surface area contributed by atoms with E-state index in [0.29, 0.717) is 12.8 Å². The van der Waals surface area contributed by atoms with E-state index in [2.05, 4.69) is 0 Å². The second-order valence-corrected chi connectivity index (χ2v) is 2.65. The molecule has 0 amide bonds. The highest BCUT2D eigenvalue weighted by atomic mass is 16.3. The number of amidine groups is 1. The fourth-order valence-electron chi connectivity index (χ4n) is 1.23. The molecule has 0 saturated heterocycles. The second-order valence-electron chi connectivity index (χ2n) is 2.65. The molecule has 0 aliphatic heterocycles. The van der Waals surface area contributed by atoms with Crippen molar-refractivity contribution < 1.29 is 5.11 Å². The average Bonchev–Trinajstić information content (AvgIpc) is 2.16. The maximum atomic E-state index is 9.42. The Morgan fingerprint density at radius 1 is 1.44 bits per heavy atom. The Morgan fingerprint density at radius 2 is 1.89 bits per heavy atom. The molecule has 52 valence electrons. The third-order valence-corrected chi connectivity index (χ3v) is 1.93. The van der Waals surface area contributed by atoms with Gasteiger partial charge in [-0.05, 0) is 25.7 Å². The second kappa shape index (κ2) is 1.99. The Hall–Kier alpha value is -0.570. The number of nitrogens with one attached hydrogen (secondary N) is 1. The molecule has 0 heterocycles. The highest BCUT2D eigenvalue weighted by Gasteiger charge is 2.33. The van der Waals surface area contributed by atoms with E-state index >= 15 is 0 Å². The fraction of sp³-hybridized carbons (Fsp3) is 0.833. The first-order chi connectivity index (χ1) is 4.15. The zero-order valence-corrected chi connectivity index (χ0v) is 5.35. The number of nitrogens with two attached hydrogens (primary N) is 1. The molecule has 9 heavy (non-hydrogen) atoms. The molecule has 3 nitrogen and oxygen atoms in total. The first-order valence-electron chi connectivity index (χ1n) is 3.22. The number of hydrogen-bond donors (Lipinski definition) is 3. The largest absolute Gasteiger partial charge is 0.385 e. The third kappa shape index (κ3) is 1.05. The monoisotopic (exact) mass is 128 g/mol. The summed E-state index contributed by atoms with van der Waals surface area (Å²) in [5, 5.41) is 16.4. The summed E-state index contributed by atoms with van der Waals surface area (Å²) in [4.78, 5) is 0. The van der Waals surface area contributed by atoms with E-state index in [1.54, 1.807) is 0 Å². The molecule has 0 atom stereocenters. The van der Waals surface area contributed by atoms with Gasteiger partial charge in [-0.3, -0.25) is 5.41 Å². The summed E-state index contributed by atoms with van der Waals surface area (Å²) >= 11 is 0. The van der Waals surface area contributed by atoms with Crippen LogP contribution in [0.3, 0.4) is 0 Å². The van der Waals surface area contributed by atoms with E-state index in [4.69, 9.17) is 11.1 Å². The molecule has 0 aromatic rings. The lowest BCUT2D eigenvalue weighted by atomic mass is 10.0. The van der Waals surface area contributed by atoms with E-state index in [9.17, 15) is 5.11 Å². The number of hydrogen-bond acceptors (Lipinski definition) is 2. The van der Waals surface area contributed by atoms with Crippen LogP contribution in [0.15, 0.2) is 0 Å². The Labute approximate surface area is 54.4 Å². The molecule has 1 aliphatic carbocycles.